The van der Waals surface area contributed by atoms with Gasteiger partial charge in [0.25, 0.3) is 11.7 Å². The number of esters is 1. The molecule has 5 aliphatic rings. The van der Waals surface area contributed by atoms with Gasteiger partial charge in [-0.25, -0.2) is 9.18 Å². The SMILES string of the molecule is CCC1C=C(C)C(F)C(C)CC(OC)C2OC(O)(C(=O)C(=O)N3CCCCC3C(=O)OC(C(C)=CC3CCC(NC(=O)C4CC4)C(OC)C3)C(C)C(O)CC1=O)C(C)CC2OC. The molecule has 0 aromatic carbocycles. The van der Waals surface area contributed by atoms with Crippen molar-refractivity contribution in [3.63, 3.8) is 0 Å². The molecule has 0 aromatic rings. The number of hydrogen-bond acceptors (Lipinski definition) is 12. The number of ketones is 2. The minimum Gasteiger partial charge on any atom is -0.456 e. The lowest BCUT2D eigenvalue weighted by molar-refractivity contribution is -0.302. The van der Waals surface area contributed by atoms with Crippen LogP contribution in [0.3, 0.4) is 0 Å². The van der Waals surface area contributed by atoms with E-state index in [0.717, 1.165) is 17.7 Å². The van der Waals surface area contributed by atoms with E-state index in [2.05, 4.69) is 5.32 Å². The minimum atomic E-state index is -2.61. The molecule has 15 unspecified atom stereocenters. The number of rotatable bonds is 8. The van der Waals surface area contributed by atoms with E-state index in [1.54, 1.807) is 47.8 Å². The molecule has 2 amide bonds. The van der Waals surface area contributed by atoms with Gasteiger partial charge in [-0.15, -0.1) is 0 Å². The molecule has 3 heterocycles. The van der Waals surface area contributed by atoms with Crippen molar-refractivity contribution >= 4 is 29.4 Å². The van der Waals surface area contributed by atoms with Crippen LogP contribution in [0.5, 0.6) is 0 Å². The molecule has 14 nitrogen and oxygen atoms in total. The molecule has 0 radical (unpaired) electrons. The quantitative estimate of drug-likeness (QED) is 0.170. The zero-order chi connectivity index (χ0) is 45.6. The Morgan fingerprint density at radius 2 is 1.63 bits per heavy atom. The average Bonchev–Trinajstić information content (AvgIpc) is 4.12. The number of aliphatic hydroxyl groups excluding tert-OH is 1. The molecular formula is C47H73FN2O12. The largest absolute Gasteiger partial charge is 0.456 e. The van der Waals surface area contributed by atoms with Gasteiger partial charge in [0.1, 0.15) is 30.2 Å². The van der Waals surface area contributed by atoms with E-state index in [0.29, 0.717) is 49.7 Å². The molecule has 62 heavy (non-hydrogen) atoms. The number of amides is 2. The highest BCUT2D eigenvalue weighted by atomic mass is 19.1. The topological polar surface area (TPSA) is 187 Å². The van der Waals surface area contributed by atoms with Gasteiger partial charge in [-0.2, -0.15) is 0 Å². The molecule has 2 bridgehead atoms. The van der Waals surface area contributed by atoms with Crippen LogP contribution >= 0.6 is 0 Å². The summed E-state index contributed by atoms with van der Waals surface area (Å²) >= 11 is 0. The predicted octanol–water partition coefficient (Wildman–Crippen LogP) is 4.95. The van der Waals surface area contributed by atoms with Gasteiger partial charge in [-0.05, 0) is 107 Å². The maximum atomic E-state index is 16.3. The third kappa shape index (κ3) is 11.4. The molecule has 15 atom stereocenters. The van der Waals surface area contributed by atoms with E-state index >= 15 is 4.39 Å². The van der Waals surface area contributed by atoms with Crippen LogP contribution in [0.4, 0.5) is 4.39 Å². The van der Waals surface area contributed by atoms with Crippen molar-refractivity contribution in [3.8, 4) is 0 Å². The van der Waals surface area contributed by atoms with Crippen LogP contribution in [-0.4, -0.2) is 133 Å². The number of nitrogens with one attached hydrogen (secondary N) is 1. The zero-order valence-electron chi connectivity index (χ0n) is 38.3. The molecule has 3 aliphatic heterocycles. The summed E-state index contributed by atoms with van der Waals surface area (Å²) in [7, 11) is 4.50. The van der Waals surface area contributed by atoms with Crippen LogP contribution in [-0.2, 0) is 47.7 Å². The van der Waals surface area contributed by atoms with Crippen LogP contribution in [0, 0.1) is 35.5 Å². The number of cyclic esters (lactones) is 1. The number of alkyl halides is 1. The van der Waals surface area contributed by atoms with E-state index in [4.69, 9.17) is 23.7 Å². The van der Waals surface area contributed by atoms with Gasteiger partial charge in [-0.1, -0.05) is 39.8 Å². The number of halogens is 1. The van der Waals surface area contributed by atoms with Crippen LogP contribution in [0.2, 0.25) is 0 Å². The lowest BCUT2D eigenvalue weighted by Crippen LogP contribution is -2.64. The fraction of sp³-hybridized carbons (Fsp3) is 0.809. The second-order valence-electron chi connectivity index (χ2n) is 18.9. The second kappa shape index (κ2) is 21.7. The number of nitrogens with zero attached hydrogens (tertiary/aromatic N) is 1. The van der Waals surface area contributed by atoms with Crippen molar-refractivity contribution in [1.29, 1.82) is 0 Å². The summed E-state index contributed by atoms with van der Waals surface area (Å²) in [4.78, 5) is 70.6. The number of aliphatic hydroxyl groups is 2. The van der Waals surface area contributed by atoms with Crippen molar-refractivity contribution in [2.75, 3.05) is 27.9 Å². The first kappa shape index (κ1) is 49.9. The maximum Gasteiger partial charge on any atom is 0.329 e. The van der Waals surface area contributed by atoms with Crippen molar-refractivity contribution in [1.82, 2.24) is 10.2 Å². The highest BCUT2D eigenvalue weighted by molar-refractivity contribution is 6.39. The Bertz CT molecular complexity index is 1670. The van der Waals surface area contributed by atoms with Crippen LogP contribution in [0.1, 0.15) is 119 Å². The summed E-state index contributed by atoms with van der Waals surface area (Å²) in [6.07, 6.45) is 2.23. The van der Waals surface area contributed by atoms with Crippen molar-refractivity contribution < 1.29 is 62.3 Å². The number of carbonyl (C=O) groups excluding carboxylic acids is 5. The van der Waals surface area contributed by atoms with E-state index in [1.807, 2.05) is 13.0 Å². The number of ether oxygens (including phenoxy) is 5. The first-order chi connectivity index (χ1) is 29.4. The van der Waals surface area contributed by atoms with Crippen LogP contribution < -0.4 is 5.32 Å². The van der Waals surface area contributed by atoms with Crippen LogP contribution in [0.25, 0.3) is 0 Å². The zero-order valence-corrected chi connectivity index (χ0v) is 38.3. The molecule has 0 spiro atoms. The molecule has 5 rings (SSSR count). The van der Waals surface area contributed by atoms with Gasteiger partial charge in [0, 0.05) is 58.0 Å². The number of piperidine rings is 1. The lowest BCUT2D eigenvalue weighted by Gasteiger charge is -2.47. The highest BCUT2D eigenvalue weighted by Gasteiger charge is 2.57. The number of carbonyl (C=O) groups is 5. The smallest absolute Gasteiger partial charge is 0.329 e. The Labute approximate surface area is 367 Å². The van der Waals surface area contributed by atoms with E-state index in [9.17, 15) is 34.2 Å². The number of Topliss-reactive ketones (excluding diaryl/α,β-unsaturated/α-hetero) is 2. The Kier molecular flexibility index (Phi) is 17.5. The van der Waals surface area contributed by atoms with Crippen molar-refractivity contribution in [3.05, 3.63) is 23.3 Å². The van der Waals surface area contributed by atoms with E-state index in [-0.39, 0.29) is 67.9 Å². The van der Waals surface area contributed by atoms with E-state index < -0.39 is 89.9 Å². The monoisotopic (exact) mass is 877 g/mol. The Morgan fingerprint density at radius 3 is 2.26 bits per heavy atom. The number of hydrogen-bond donors (Lipinski definition) is 3. The summed E-state index contributed by atoms with van der Waals surface area (Å²) in [5.41, 5.74) is 0.959. The number of fused-ring (bicyclic) bond motifs is 3. The standard InChI is InChI=1S/C47H73FN2O12/c1-10-31-20-25(2)40(48)26(3)21-38(59-8)42-39(60-9)22-28(5)47(57,62-42)43(53)45(55)50-18-12-11-13-34(50)46(56)61-41(29(6)35(51)24-36(31)52)27(4)19-30-14-17-33(37(23-30)58-7)49-44(54)32-15-16-32/h19-20,26,28-35,37-42,51,57H,10-18,21-24H2,1-9H3,(H,49,54). The summed E-state index contributed by atoms with van der Waals surface area (Å²) in [5, 5.41) is 27.0. The first-order valence-corrected chi connectivity index (χ1v) is 22.9. The Morgan fingerprint density at radius 1 is 0.968 bits per heavy atom. The first-order valence-electron chi connectivity index (χ1n) is 22.9. The molecule has 3 N–H and O–H groups in total. The summed E-state index contributed by atoms with van der Waals surface area (Å²) in [6.45, 7) is 10.3. The van der Waals surface area contributed by atoms with Gasteiger partial charge in [0.05, 0.1) is 30.5 Å². The predicted molar refractivity (Wildman–Crippen MR) is 227 cm³/mol. The summed E-state index contributed by atoms with van der Waals surface area (Å²) < 4.78 is 46.2. The third-order valence-electron chi connectivity index (χ3n) is 14.4. The van der Waals surface area contributed by atoms with Crippen molar-refractivity contribution in [2.45, 2.75) is 179 Å². The number of methoxy groups -OCH3 is 3. The molecule has 15 heteroatoms. The molecule has 350 valence electrons. The van der Waals surface area contributed by atoms with Crippen molar-refractivity contribution in [2.24, 2.45) is 35.5 Å². The minimum absolute atomic E-state index is 0.0275. The fourth-order valence-corrected chi connectivity index (χ4v) is 10.1. The van der Waals surface area contributed by atoms with Gasteiger partial charge >= 0.3 is 5.97 Å². The lowest BCUT2D eigenvalue weighted by atomic mass is 9.80. The Balaban J connectivity index is 1.50. The maximum absolute atomic E-state index is 16.3. The Hall–Kier alpha value is -3.08. The van der Waals surface area contributed by atoms with Gasteiger partial charge in [-0.3, -0.25) is 19.2 Å². The molecule has 2 saturated heterocycles. The third-order valence-corrected chi connectivity index (χ3v) is 14.4. The summed E-state index contributed by atoms with van der Waals surface area (Å²) in [5.74, 6) is -9.00. The van der Waals surface area contributed by atoms with Gasteiger partial charge in [0.15, 0.2) is 0 Å². The van der Waals surface area contributed by atoms with Gasteiger partial charge < -0.3 is 44.1 Å². The highest BCUT2D eigenvalue weighted by Crippen LogP contribution is 2.40. The average molecular weight is 877 g/mol. The molecule has 4 fully saturated rings. The number of allylic oxidation sites excluding steroid dienone is 3. The normalized spacial score (nSPS) is 40.2. The molecule has 0 aromatic heterocycles. The summed E-state index contributed by atoms with van der Waals surface area (Å²) in [6, 6.07) is -1.32. The molecule has 2 aliphatic carbocycles. The van der Waals surface area contributed by atoms with E-state index in [1.165, 1.54) is 14.2 Å². The second-order valence-corrected chi connectivity index (χ2v) is 18.9. The van der Waals surface area contributed by atoms with Gasteiger partial charge in [0.2, 0.25) is 11.7 Å². The fourth-order valence-electron chi connectivity index (χ4n) is 10.1. The molecule has 2 saturated carbocycles. The van der Waals surface area contributed by atoms with Crippen LogP contribution in [0.15, 0.2) is 23.3 Å². The molecular weight excluding hydrogens is 804 g/mol.